The van der Waals surface area contributed by atoms with Crippen LogP contribution in [0.1, 0.15) is 0 Å². The summed E-state index contributed by atoms with van der Waals surface area (Å²) in [4.78, 5) is 59.8. The number of aliphatic hydroxyl groups is 2. The van der Waals surface area contributed by atoms with Crippen LogP contribution in [0.2, 0.25) is 0 Å². The van der Waals surface area contributed by atoms with Crippen LogP contribution in [0.3, 0.4) is 0 Å². The van der Waals surface area contributed by atoms with Gasteiger partial charge in [-0.2, -0.15) is 0 Å². The molecule has 4 unspecified atom stereocenters. The minimum atomic E-state index is -5.62. The van der Waals surface area contributed by atoms with Crippen molar-refractivity contribution >= 4 is 54.1 Å². The summed E-state index contributed by atoms with van der Waals surface area (Å²) in [5.41, 5.74) is -6.26. The van der Waals surface area contributed by atoms with Crippen molar-refractivity contribution in [2.75, 3.05) is 0 Å². The van der Waals surface area contributed by atoms with Crippen LogP contribution in [0.5, 0.6) is 0 Å². The Bertz CT molecular complexity index is 491. The molecule has 0 aliphatic rings. The average Bonchev–Trinajstić information content (AvgIpc) is 2.35. The van der Waals surface area contributed by atoms with E-state index < -0.39 is 41.6 Å². The van der Waals surface area contributed by atoms with Crippen LogP contribution in [-0.4, -0.2) is 21.4 Å². The number of hydrogen-bond acceptors (Lipinski definition) is 14. The predicted octanol–water partition coefficient (Wildman–Crippen LogP) is -4.20. The molecule has 23 heavy (non-hydrogen) atoms. The third kappa shape index (κ3) is 11.2. The molecule has 0 aliphatic carbocycles. The minimum absolute atomic E-state index is 0. The molecule has 0 aromatic rings. The van der Waals surface area contributed by atoms with Gasteiger partial charge in [0.1, 0.15) is 11.2 Å². The summed E-state index contributed by atoms with van der Waals surface area (Å²) in [6.45, 7) is 0. The Balaban J connectivity index is -0.000000333. The van der Waals surface area contributed by atoms with Crippen molar-refractivity contribution in [2.24, 2.45) is 0 Å². The number of hydrogen-bond donors (Lipinski definition) is 2. The van der Waals surface area contributed by atoms with Gasteiger partial charge in [-0.05, 0) is 15.2 Å². The molecule has 0 bridgehead atoms. The largest absolute Gasteiger partial charge is 6.00 e. The van der Waals surface area contributed by atoms with E-state index in [2.05, 4.69) is 31.9 Å². The Hall–Kier alpha value is 1.79. The summed E-state index contributed by atoms with van der Waals surface area (Å²) in [7, 11) is -21.7. The van der Waals surface area contributed by atoms with E-state index in [1.54, 1.807) is 0 Å². The Labute approximate surface area is 152 Å². The molecule has 21 heteroatoms. The maximum absolute atomic E-state index is 10.2. The first kappa shape index (κ1) is 29.5. The van der Waals surface area contributed by atoms with E-state index in [0.717, 1.165) is 0 Å². The standard InChI is InChI=1S/2CH5ClO7P2.W/c2*2-9-11(7,8)1(3)10(4,5)6;/h2*1,3H,(H,7,8)(H2,4,5,6);/q;;+6/p-6. The maximum atomic E-state index is 10.2. The molecule has 4 atom stereocenters. The first-order valence-corrected chi connectivity index (χ1v) is 11.1. The second-order valence-electron chi connectivity index (χ2n) is 2.99. The van der Waals surface area contributed by atoms with Gasteiger partial charge >= 0.3 is 21.1 Å². The smallest absolute Gasteiger partial charge is 0.809 e. The molecule has 14 nitrogen and oxygen atoms in total. The van der Waals surface area contributed by atoms with Crippen molar-refractivity contribution in [2.45, 2.75) is 11.2 Å². The topological polar surface area (TPSA) is 266 Å². The predicted molar refractivity (Wildman–Crippen MR) is 56.3 cm³/mol. The molecule has 136 valence electrons. The molecule has 0 spiro atoms. The fraction of sp³-hybridized carbons (Fsp3) is 1.00. The van der Waals surface area contributed by atoms with Gasteiger partial charge in [-0.1, -0.05) is 0 Å². The van der Waals surface area contributed by atoms with Crippen LogP contribution in [-0.2, 0) is 47.5 Å². The molecule has 0 radical (unpaired) electrons. The number of rotatable bonds is 6. The van der Waals surface area contributed by atoms with Crippen LogP contribution in [0.4, 0.5) is 0 Å². The normalized spacial score (nSPS) is 19.9. The van der Waals surface area contributed by atoms with Gasteiger partial charge in [-0.15, -0.1) is 0 Å². The molecule has 0 saturated heterocycles. The molecule has 0 aromatic heterocycles. The molecular formula is C2H4Cl2O14P4W. The molecule has 0 aliphatic heterocycles. The van der Waals surface area contributed by atoms with Gasteiger partial charge in [-0.25, -0.2) is 8.15 Å². The Morgan fingerprint density at radius 1 is 0.696 bits per heavy atom. The molecule has 0 heterocycles. The van der Waals surface area contributed by atoms with Gasteiger partial charge in [0.25, 0.3) is 0 Å². The zero-order valence-electron chi connectivity index (χ0n) is 9.90. The van der Waals surface area contributed by atoms with Gasteiger partial charge in [0.15, 0.2) is 15.2 Å². The molecule has 0 rings (SSSR count). The van der Waals surface area contributed by atoms with Gasteiger partial charge in [0.2, 0.25) is 0 Å². The SMILES string of the molecule is O=P([O-])([O-])C(O)P(=O)([O-])OCl.O=P([O-])([O-])C(O)P(=O)([O-])OCl.[W+6]. The summed E-state index contributed by atoms with van der Waals surface area (Å²) in [6.07, 6.45) is 0. The number of halogens is 2. The second-order valence-corrected chi connectivity index (χ2v) is 11.2. The van der Waals surface area contributed by atoms with Crippen LogP contribution in [0.15, 0.2) is 0 Å². The molecule has 0 amide bonds. The Morgan fingerprint density at radius 3 is 0.913 bits per heavy atom. The second kappa shape index (κ2) is 10.8. The molecular weight excluding hydrogens is 627 g/mol. The van der Waals surface area contributed by atoms with E-state index in [0.29, 0.717) is 0 Å². The van der Waals surface area contributed by atoms with Crippen molar-refractivity contribution in [3.63, 3.8) is 0 Å². The number of aliphatic hydroxyl groups excluding tert-OH is 2. The molecule has 0 fully saturated rings. The van der Waals surface area contributed by atoms with E-state index in [1.165, 1.54) is 0 Å². The summed E-state index contributed by atoms with van der Waals surface area (Å²) in [5.74, 6) is 0. The first-order valence-electron chi connectivity index (χ1n) is 4.05. The van der Waals surface area contributed by atoms with Crippen LogP contribution in [0, 0.1) is 0 Å². The fourth-order valence-corrected chi connectivity index (χ4v) is 4.40. The average molecular weight is 631 g/mol. The van der Waals surface area contributed by atoms with Crippen LogP contribution in [0.25, 0.3) is 0 Å². The summed E-state index contributed by atoms with van der Waals surface area (Å²) < 4.78 is 46.2. The monoisotopic (exact) mass is 630 g/mol. The minimum Gasteiger partial charge on any atom is -0.809 e. The van der Waals surface area contributed by atoms with E-state index in [4.69, 9.17) is 10.2 Å². The third-order valence-corrected chi connectivity index (χ3v) is 8.52. The first-order chi connectivity index (χ1) is 9.43. The van der Waals surface area contributed by atoms with Gasteiger partial charge < -0.3 is 57.8 Å². The quantitative estimate of drug-likeness (QED) is 0.264. The molecule has 0 aromatic carbocycles. The van der Waals surface area contributed by atoms with E-state index in [1.807, 2.05) is 0 Å². The van der Waals surface area contributed by atoms with E-state index >= 15 is 0 Å². The Kier molecular flexibility index (Phi) is 13.9. The summed E-state index contributed by atoms with van der Waals surface area (Å²) in [5, 5.41) is 16.5. The van der Waals surface area contributed by atoms with Crippen molar-refractivity contribution in [1.82, 2.24) is 0 Å². The fourth-order valence-electron chi connectivity index (χ4n) is 0.418. The van der Waals surface area contributed by atoms with Gasteiger partial charge in [0, 0.05) is 0 Å². The molecule has 2 N–H and O–H groups in total. The van der Waals surface area contributed by atoms with E-state index in [-0.39, 0.29) is 21.1 Å². The summed E-state index contributed by atoms with van der Waals surface area (Å²) in [6, 6.07) is 0. The van der Waals surface area contributed by atoms with Crippen molar-refractivity contribution in [3.05, 3.63) is 0 Å². The third-order valence-electron chi connectivity index (χ3n) is 1.32. The summed E-state index contributed by atoms with van der Waals surface area (Å²) >= 11 is 8.52. The van der Waals surface area contributed by atoms with Crippen molar-refractivity contribution in [1.29, 1.82) is 0 Å². The zero-order valence-corrected chi connectivity index (χ0v) is 17.9. The van der Waals surface area contributed by atoms with Crippen LogP contribution < -0.4 is 29.4 Å². The van der Waals surface area contributed by atoms with Crippen molar-refractivity contribution < 1.29 is 87.1 Å². The molecule has 0 saturated carbocycles. The van der Waals surface area contributed by atoms with Crippen LogP contribution >= 0.6 is 54.1 Å². The van der Waals surface area contributed by atoms with Gasteiger partial charge in [0.05, 0.1) is 23.7 Å². The Morgan fingerprint density at radius 2 is 0.870 bits per heavy atom. The maximum Gasteiger partial charge on any atom is 6.00 e. The van der Waals surface area contributed by atoms with E-state index in [9.17, 15) is 47.6 Å². The zero-order chi connectivity index (χ0) is 18.6. The van der Waals surface area contributed by atoms with Crippen molar-refractivity contribution in [3.8, 4) is 0 Å². The van der Waals surface area contributed by atoms with Gasteiger partial charge in [-0.3, -0.25) is 0 Å².